The lowest BCUT2D eigenvalue weighted by atomic mass is 9.45. The molecule has 0 aromatic rings. The quantitative estimate of drug-likeness (QED) is 0.560. The van der Waals surface area contributed by atoms with E-state index < -0.39 is 41.4 Å². The molecule has 7 atom stereocenters. The Morgan fingerprint density at radius 2 is 1.93 bits per heavy atom. The molecule has 0 radical (unpaired) electrons. The molecule has 0 aromatic heterocycles. The third kappa shape index (κ3) is 2.24. The number of hydrogen-bond donors (Lipinski definition) is 4. The predicted octanol–water partition coefficient (Wildman–Crippen LogP) is 0.846. The van der Waals surface area contributed by atoms with E-state index in [0.29, 0.717) is 32.1 Å². The van der Waals surface area contributed by atoms with Crippen molar-refractivity contribution in [2.45, 2.75) is 63.6 Å². The first kappa shape index (κ1) is 19.7. The zero-order chi connectivity index (χ0) is 20.5. The molecule has 7 nitrogen and oxygen atoms in total. The number of allylic oxidation sites excluding steroid dienone is 1. The molecule has 4 aliphatic rings. The molecule has 0 bridgehead atoms. The van der Waals surface area contributed by atoms with E-state index in [9.17, 15) is 34.8 Å². The molecule has 0 unspecified atom stereocenters. The van der Waals surface area contributed by atoms with Crippen molar-refractivity contribution in [2.24, 2.45) is 28.6 Å². The molecule has 0 heterocycles. The highest BCUT2D eigenvalue weighted by atomic mass is 16.4. The van der Waals surface area contributed by atoms with Crippen LogP contribution in [0.2, 0.25) is 0 Å². The van der Waals surface area contributed by atoms with Crippen LogP contribution < -0.4 is 0 Å². The van der Waals surface area contributed by atoms with Gasteiger partial charge in [0, 0.05) is 6.42 Å². The first-order chi connectivity index (χ1) is 13.1. The first-order valence-corrected chi connectivity index (χ1v) is 10.1. The van der Waals surface area contributed by atoms with E-state index in [4.69, 9.17) is 0 Å². The van der Waals surface area contributed by atoms with E-state index in [1.54, 1.807) is 6.08 Å². The molecule has 3 saturated carbocycles. The van der Waals surface area contributed by atoms with E-state index in [1.165, 1.54) is 0 Å². The standard InChI is InChI=1S/C21H28O7/c1-19-6-4-12(23)8-11(19)2-3-13-14-5-7-21(28,16(25)10-22)20(14,18(26)27)9-15(24)17(13)19/h8,13-15,17,22,24,28H,2-7,9-10H2,1H3,(H,26,27)/t13-,14-,15-,17+,19-,20-,21-/m0/s1. The number of aliphatic hydroxyl groups is 3. The lowest BCUT2D eigenvalue weighted by molar-refractivity contribution is -0.204. The van der Waals surface area contributed by atoms with Gasteiger partial charge in [-0.05, 0) is 67.8 Å². The van der Waals surface area contributed by atoms with Crippen molar-refractivity contribution in [1.82, 2.24) is 0 Å². The maximum atomic E-state index is 12.5. The minimum absolute atomic E-state index is 0.0167. The molecular weight excluding hydrogens is 364 g/mol. The molecule has 0 aromatic carbocycles. The third-order valence-corrected chi connectivity index (χ3v) is 8.54. The van der Waals surface area contributed by atoms with Crippen molar-refractivity contribution in [1.29, 1.82) is 0 Å². The van der Waals surface area contributed by atoms with Gasteiger partial charge in [-0.3, -0.25) is 14.4 Å². The molecule has 4 aliphatic carbocycles. The number of carbonyl (C=O) groups excluding carboxylic acids is 2. The van der Waals surface area contributed by atoms with Crippen molar-refractivity contribution >= 4 is 17.5 Å². The van der Waals surface area contributed by atoms with Gasteiger partial charge in [0.15, 0.2) is 11.6 Å². The Hall–Kier alpha value is -1.57. The summed E-state index contributed by atoms with van der Waals surface area (Å²) in [4.78, 5) is 36.8. The second kappa shape index (κ2) is 6.21. The SMILES string of the molecule is C[C@]12CCC(=O)C=C1CC[C@@H]1[C@@H]2[C@@H](O)C[C@@]2(C(=O)O)[C@H]1CC[C@]2(O)C(=O)CO. The number of fused-ring (bicyclic) bond motifs is 5. The molecule has 0 aliphatic heterocycles. The lowest BCUT2D eigenvalue weighted by Crippen LogP contribution is -2.66. The van der Waals surface area contributed by atoms with E-state index in [2.05, 4.69) is 6.92 Å². The van der Waals surface area contributed by atoms with E-state index in [0.717, 1.165) is 5.57 Å². The highest BCUT2D eigenvalue weighted by Crippen LogP contribution is 2.67. The highest BCUT2D eigenvalue weighted by molar-refractivity contribution is 5.96. The van der Waals surface area contributed by atoms with Crippen molar-refractivity contribution < 1.29 is 34.8 Å². The van der Waals surface area contributed by atoms with Gasteiger partial charge in [-0.2, -0.15) is 0 Å². The third-order valence-electron chi connectivity index (χ3n) is 8.54. The Bertz CT molecular complexity index is 773. The lowest BCUT2D eigenvalue weighted by Gasteiger charge is -2.59. The second-order valence-electron chi connectivity index (χ2n) is 9.42. The van der Waals surface area contributed by atoms with Gasteiger partial charge in [-0.15, -0.1) is 0 Å². The van der Waals surface area contributed by atoms with Crippen LogP contribution in [0.15, 0.2) is 11.6 Å². The number of ketones is 2. The van der Waals surface area contributed by atoms with Crippen molar-refractivity contribution in [3.05, 3.63) is 11.6 Å². The second-order valence-corrected chi connectivity index (χ2v) is 9.42. The topological polar surface area (TPSA) is 132 Å². The van der Waals surface area contributed by atoms with Gasteiger partial charge in [-0.1, -0.05) is 12.5 Å². The molecule has 0 saturated heterocycles. The summed E-state index contributed by atoms with van der Waals surface area (Å²) in [6.45, 7) is 1.13. The van der Waals surface area contributed by atoms with Crippen molar-refractivity contribution in [2.75, 3.05) is 6.61 Å². The van der Waals surface area contributed by atoms with E-state index in [1.807, 2.05) is 0 Å². The predicted molar refractivity (Wildman–Crippen MR) is 97.1 cm³/mol. The maximum Gasteiger partial charge on any atom is 0.313 e. The molecule has 154 valence electrons. The Morgan fingerprint density at radius 3 is 2.57 bits per heavy atom. The van der Waals surface area contributed by atoms with Gasteiger partial charge in [0.1, 0.15) is 17.6 Å². The minimum atomic E-state index is -2.16. The molecule has 3 fully saturated rings. The van der Waals surface area contributed by atoms with Gasteiger partial charge in [0.2, 0.25) is 0 Å². The van der Waals surface area contributed by atoms with Gasteiger partial charge in [0.25, 0.3) is 0 Å². The summed E-state index contributed by atoms with van der Waals surface area (Å²) in [5, 5.41) is 41.8. The average molecular weight is 392 g/mol. The van der Waals surface area contributed by atoms with Crippen LogP contribution in [-0.4, -0.2) is 56.3 Å². The summed E-state index contributed by atoms with van der Waals surface area (Å²) in [5.41, 5.74) is -3.28. The summed E-state index contributed by atoms with van der Waals surface area (Å²) in [6, 6.07) is 0. The fraction of sp³-hybridized carbons (Fsp3) is 0.762. The van der Waals surface area contributed by atoms with Crippen molar-refractivity contribution in [3.63, 3.8) is 0 Å². The van der Waals surface area contributed by atoms with Crippen LogP contribution >= 0.6 is 0 Å². The van der Waals surface area contributed by atoms with Crippen LogP contribution in [0.4, 0.5) is 0 Å². The fourth-order valence-corrected chi connectivity index (χ4v) is 7.29. The largest absolute Gasteiger partial charge is 0.481 e. The zero-order valence-electron chi connectivity index (χ0n) is 16.1. The Morgan fingerprint density at radius 1 is 1.21 bits per heavy atom. The average Bonchev–Trinajstić information content (AvgIpc) is 2.96. The zero-order valence-corrected chi connectivity index (χ0v) is 16.1. The summed E-state index contributed by atoms with van der Waals surface area (Å²) in [5.74, 6) is -2.87. The van der Waals surface area contributed by atoms with Crippen LogP contribution in [0.3, 0.4) is 0 Å². The summed E-state index contributed by atoms with van der Waals surface area (Å²) >= 11 is 0. The van der Waals surface area contributed by atoms with Crippen LogP contribution in [0.1, 0.15) is 51.9 Å². The number of hydrogen-bond acceptors (Lipinski definition) is 6. The van der Waals surface area contributed by atoms with Gasteiger partial charge < -0.3 is 20.4 Å². The first-order valence-electron chi connectivity index (χ1n) is 10.1. The number of carboxylic acids is 1. The number of Topliss-reactive ketones (excluding diaryl/α,β-unsaturated/α-hetero) is 1. The molecule has 0 amide bonds. The van der Waals surface area contributed by atoms with Crippen LogP contribution in [-0.2, 0) is 14.4 Å². The number of rotatable bonds is 3. The van der Waals surface area contributed by atoms with Crippen LogP contribution in [0.25, 0.3) is 0 Å². The Kier molecular flexibility index (Phi) is 4.38. The van der Waals surface area contributed by atoms with E-state index >= 15 is 0 Å². The summed E-state index contributed by atoms with van der Waals surface area (Å²) in [6.07, 6.45) is 3.16. The van der Waals surface area contributed by atoms with Gasteiger partial charge in [-0.25, -0.2) is 0 Å². The van der Waals surface area contributed by atoms with Gasteiger partial charge in [0.05, 0.1) is 6.10 Å². The molecule has 7 heteroatoms. The van der Waals surface area contributed by atoms with Crippen molar-refractivity contribution in [3.8, 4) is 0 Å². The molecule has 28 heavy (non-hydrogen) atoms. The smallest absolute Gasteiger partial charge is 0.313 e. The minimum Gasteiger partial charge on any atom is -0.481 e. The molecule has 4 N–H and O–H groups in total. The number of aliphatic carboxylic acids is 1. The molecule has 0 spiro atoms. The Balaban J connectivity index is 1.81. The molecular formula is C21H28O7. The maximum absolute atomic E-state index is 12.5. The van der Waals surface area contributed by atoms with Crippen LogP contribution in [0, 0.1) is 28.6 Å². The van der Waals surface area contributed by atoms with Crippen LogP contribution in [0.5, 0.6) is 0 Å². The monoisotopic (exact) mass is 392 g/mol. The highest BCUT2D eigenvalue weighted by Gasteiger charge is 2.73. The number of aliphatic hydroxyl groups excluding tert-OH is 2. The molecule has 4 rings (SSSR count). The van der Waals surface area contributed by atoms with E-state index in [-0.39, 0.29) is 35.9 Å². The Labute approximate surface area is 163 Å². The normalized spacial score (nSPS) is 47.6. The number of carbonyl (C=O) groups is 3. The summed E-state index contributed by atoms with van der Waals surface area (Å²) in [7, 11) is 0. The van der Waals surface area contributed by atoms with Gasteiger partial charge >= 0.3 is 5.97 Å². The summed E-state index contributed by atoms with van der Waals surface area (Å²) < 4.78 is 0. The number of carboxylic acid groups (broad SMARTS) is 1. The fourth-order valence-electron chi connectivity index (χ4n) is 7.29.